The van der Waals surface area contributed by atoms with Gasteiger partial charge in [-0.05, 0) is 42.4 Å². The molecule has 0 atom stereocenters. The van der Waals surface area contributed by atoms with Crippen LogP contribution in [-0.2, 0) is 19.4 Å². The summed E-state index contributed by atoms with van der Waals surface area (Å²) in [6.07, 6.45) is 3.11. The maximum atomic E-state index is 9.26. The van der Waals surface area contributed by atoms with Gasteiger partial charge in [0.25, 0.3) is 0 Å². The smallest absolute Gasteiger partial charge is 0.0684 e. The van der Waals surface area contributed by atoms with Crippen LogP contribution in [0.2, 0.25) is 0 Å². The van der Waals surface area contributed by atoms with E-state index in [0.717, 1.165) is 42.4 Å². The highest BCUT2D eigenvalue weighted by atomic mass is 16.3. The molecule has 0 unspecified atom stereocenters. The first kappa shape index (κ1) is 13.2. The van der Waals surface area contributed by atoms with Gasteiger partial charge in [-0.25, -0.2) is 0 Å². The van der Waals surface area contributed by atoms with Crippen LogP contribution in [0.15, 0.2) is 18.2 Å². The van der Waals surface area contributed by atoms with E-state index >= 15 is 0 Å². The minimum Gasteiger partial charge on any atom is -0.396 e. The first-order valence-electron chi connectivity index (χ1n) is 5.75. The number of hydrogen-bond donors (Lipinski definition) is 3. The molecule has 0 aliphatic heterocycles. The molecule has 0 aliphatic rings. The fourth-order valence-electron chi connectivity index (χ4n) is 1.78. The molecular formula is C13H20O3. The molecule has 0 aromatic heterocycles. The Morgan fingerprint density at radius 2 is 1.50 bits per heavy atom. The quantitative estimate of drug-likeness (QED) is 0.648. The predicted octanol–water partition coefficient (Wildman–Crippen LogP) is 1.03. The van der Waals surface area contributed by atoms with E-state index in [-0.39, 0.29) is 19.8 Å². The zero-order valence-corrected chi connectivity index (χ0v) is 9.52. The Bertz CT molecular complexity index is 310. The molecule has 90 valence electrons. The standard InChI is InChI=1S/C13H20O3/c14-7-1-3-11-5-6-12(4-2-8-15)13(9-11)10-16/h5-6,9,14-16H,1-4,7-8,10H2. The lowest BCUT2D eigenvalue weighted by atomic mass is 9.99. The third kappa shape index (κ3) is 3.93. The van der Waals surface area contributed by atoms with Gasteiger partial charge in [-0.1, -0.05) is 18.2 Å². The molecule has 0 saturated carbocycles. The van der Waals surface area contributed by atoms with Crippen LogP contribution >= 0.6 is 0 Å². The maximum absolute atomic E-state index is 9.26. The number of aryl methyl sites for hydroxylation is 2. The number of benzene rings is 1. The molecule has 3 heteroatoms. The van der Waals surface area contributed by atoms with E-state index in [9.17, 15) is 5.11 Å². The SMILES string of the molecule is OCCCc1ccc(CCCO)c(CO)c1. The zero-order chi connectivity index (χ0) is 11.8. The van der Waals surface area contributed by atoms with E-state index < -0.39 is 0 Å². The maximum Gasteiger partial charge on any atom is 0.0684 e. The second-order valence-corrected chi connectivity index (χ2v) is 3.92. The monoisotopic (exact) mass is 224 g/mol. The molecule has 1 aromatic carbocycles. The number of hydrogen-bond acceptors (Lipinski definition) is 3. The minimum atomic E-state index is 0.0354. The van der Waals surface area contributed by atoms with Gasteiger partial charge >= 0.3 is 0 Å². The summed E-state index contributed by atoms with van der Waals surface area (Å²) in [6.45, 7) is 0.408. The Balaban J connectivity index is 2.71. The van der Waals surface area contributed by atoms with Crippen LogP contribution in [-0.4, -0.2) is 28.5 Å². The molecule has 3 N–H and O–H groups in total. The Kier molecular flexibility index (Phi) is 6.08. The summed E-state index contributed by atoms with van der Waals surface area (Å²) < 4.78 is 0. The lowest BCUT2D eigenvalue weighted by Gasteiger charge is -2.09. The van der Waals surface area contributed by atoms with Gasteiger partial charge in [-0.2, -0.15) is 0 Å². The Labute approximate surface area is 96.4 Å². The molecule has 16 heavy (non-hydrogen) atoms. The molecule has 0 radical (unpaired) electrons. The van der Waals surface area contributed by atoms with Crippen molar-refractivity contribution < 1.29 is 15.3 Å². The lowest BCUT2D eigenvalue weighted by molar-refractivity contribution is 0.276. The van der Waals surface area contributed by atoms with Crippen molar-refractivity contribution in [2.45, 2.75) is 32.3 Å². The molecule has 0 amide bonds. The van der Waals surface area contributed by atoms with Crippen LogP contribution in [0.4, 0.5) is 0 Å². The summed E-state index contributed by atoms with van der Waals surface area (Å²) in [4.78, 5) is 0. The highest BCUT2D eigenvalue weighted by Crippen LogP contribution is 2.15. The molecule has 0 spiro atoms. The largest absolute Gasteiger partial charge is 0.396 e. The topological polar surface area (TPSA) is 60.7 Å². The second kappa shape index (κ2) is 7.39. The summed E-state index contributed by atoms with van der Waals surface area (Å²) in [5.74, 6) is 0. The molecule has 1 rings (SSSR count). The first-order valence-corrected chi connectivity index (χ1v) is 5.75. The van der Waals surface area contributed by atoms with Crippen molar-refractivity contribution in [1.82, 2.24) is 0 Å². The van der Waals surface area contributed by atoms with Gasteiger partial charge in [0.05, 0.1) is 6.61 Å². The molecular weight excluding hydrogens is 204 g/mol. The molecule has 1 aromatic rings. The summed E-state index contributed by atoms with van der Waals surface area (Å²) in [5.41, 5.74) is 3.18. The number of aliphatic hydroxyl groups excluding tert-OH is 3. The average Bonchev–Trinajstić information content (AvgIpc) is 2.34. The van der Waals surface area contributed by atoms with E-state index in [0.29, 0.717) is 0 Å². The second-order valence-electron chi connectivity index (χ2n) is 3.92. The van der Waals surface area contributed by atoms with Crippen LogP contribution in [0.3, 0.4) is 0 Å². The molecule has 0 bridgehead atoms. The van der Waals surface area contributed by atoms with Crippen LogP contribution in [0.5, 0.6) is 0 Å². The van der Waals surface area contributed by atoms with E-state index in [4.69, 9.17) is 10.2 Å². The van der Waals surface area contributed by atoms with E-state index in [1.54, 1.807) is 0 Å². The predicted molar refractivity (Wildman–Crippen MR) is 63.2 cm³/mol. The molecule has 0 saturated heterocycles. The van der Waals surface area contributed by atoms with Crippen LogP contribution < -0.4 is 0 Å². The molecule has 0 fully saturated rings. The third-order valence-electron chi connectivity index (χ3n) is 2.67. The van der Waals surface area contributed by atoms with Gasteiger partial charge in [0.15, 0.2) is 0 Å². The van der Waals surface area contributed by atoms with E-state index in [1.165, 1.54) is 0 Å². The van der Waals surface area contributed by atoms with Crippen molar-refractivity contribution in [3.8, 4) is 0 Å². The summed E-state index contributed by atoms with van der Waals surface area (Å²) in [7, 11) is 0. The van der Waals surface area contributed by atoms with Gasteiger partial charge in [0, 0.05) is 13.2 Å². The average molecular weight is 224 g/mol. The first-order chi connectivity index (χ1) is 7.81. The fraction of sp³-hybridized carbons (Fsp3) is 0.538. The van der Waals surface area contributed by atoms with Crippen molar-refractivity contribution in [2.24, 2.45) is 0 Å². The van der Waals surface area contributed by atoms with Gasteiger partial charge in [-0.3, -0.25) is 0 Å². The summed E-state index contributed by atoms with van der Waals surface area (Å²) >= 11 is 0. The van der Waals surface area contributed by atoms with Gasteiger partial charge in [0.1, 0.15) is 0 Å². The van der Waals surface area contributed by atoms with Gasteiger partial charge in [-0.15, -0.1) is 0 Å². The van der Waals surface area contributed by atoms with Crippen LogP contribution in [0, 0.1) is 0 Å². The van der Waals surface area contributed by atoms with Crippen LogP contribution in [0.1, 0.15) is 29.5 Å². The summed E-state index contributed by atoms with van der Waals surface area (Å²) in [6, 6.07) is 6.03. The number of aliphatic hydroxyl groups is 3. The van der Waals surface area contributed by atoms with E-state index in [1.807, 2.05) is 18.2 Å². The van der Waals surface area contributed by atoms with Crippen molar-refractivity contribution in [1.29, 1.82) is 0 Å². The van der Waals surface area contributed by atoms with Gasteiger partial charge < -0.3 is 15.3 Å². The Morgan fingerprint density at radius 1 is 0.812 bits per heavy atom. The minimum absolute atomic E-state index is 0.0354. The molecule has 0 aliphatic carbocycles. The zero-order valence-electron chi connectivity index (χ0n) is 9.52. The number of rotatable bonds is 7. The van der Waals surface area contributed by atoms with Gasteiger partial charge in [0.2, 0.25) is 0 Å². The van der Waals surface area contributed by atoms with Crippen LogP contribution in [0.25, 0.3) is 0 Å². The molecule has 3 nitrogen and oxygen atoms in total. The van der Waals surface area contributed by atoms with E-state index in [2.05, 4.69) is 0 Å². The van der Waals surface area contributed by atoms with Crippen molar-refractivity contribution in [2.75, 3.05) is 13.2 Å². The van der Waals surface area contributed by atoms with Crippen molar-refractivity contribution in [3.63, 3.8) is 0 Å². The fourth-order valence-corrected chi connectivity index (χ4v) is 1.78. The summed E-state index contributed by atoms with van der Waals surface area (Å²) in [5, 5.41) is 26.8. The Morgan fingerprint density at radius 3 is 2.12 bits per heavy atom. The normalized spacial score (nSPS) is 10.7. The van der Waals surface area contributed by atoms with Crippen molar-refractivity contribution in [3.05, 3.63) is 34.9 Å². The Hall–Kier alpha value is -0.900. The highest BCUT2D eigenvalue weighted by Gasteiger charge is 2.03. The third-order valence-corrected chi connectivity index (χ3v) is 2.67. The van der Waals surface area contributed by atoms with Crippen molar-refractivity contribution >= 4 is 0 Å². The highest BCUT2D eigenvalue weighted by molar-refractivity contribution is 5.32. The lowest BCUT2D eigenvalue weighted by Crippen LogP contribution is -1.99. The molecule has 0 heterocycles.